The highest BCUT2D eigenvalue weighted by atomic mass is 32.2. The lowest BCUT2D eigenvalue weighted by Gasteiger charge is -2.09. The van der Waals surface area contributed by atoms with Crippen LogP contribution in [-0.4, -0.2) is 27.5 Å². The van der Waals surface area contributed by atoms with Crippen LogP contribution in [0.5, 0.6) is 17.4 Å². The van der Waals surface area contributed by atoms with E-state index in [9.17, 15) is 4.21 Å². The van der Waals surface area contributed by atoms with Crippen LogP contribution in [0.1, 0.15) is 0 Å². The number of benzene rings is 2. The first-order chi connectivity index (χ1) is 11.0. The summed E-state index contributed by atoms with van der Waals surface area (Å²) in [6.45, 7) is 0. The van der Waals surface area contributed by atoms with Crippen molar-refractivity contribution in [1.29, 1.82) is 4.78 Å². The smallest absolute Gasteiger partial charge is 0.230 e. The molecular weight excluding hydrogens is 314 g/mol. The van der Waals surface area contributed by atoms with Crippen molar-refractivity contribution >= 4 is 20.6 Å². The Kier molecular flexibility index (Phi) is 3.87. The summed E-state index contributed by atoms with van der Waals surface area (Å²) in [5.74, 6) is 1.68. The average molecular weight is 329 g/mol. The molecule has 0 saturated carbocycles. The summed E-state index contributed by atoms with van der Waals surface area (Å²) in [6.07, 6.45) is 2.81. The Balaban J connectivity index is 1.95. The summed E-state index contributed by atoms with van der Waals surface area (Å²) in [5, 5.41) is 0.761. The van der Waals surface area contributed by atoms with E-state index in [0.29, 0.717) is 27.8 Å². The Bertz CT molecular complexity index is 954. The van der Waals surface area contributed by atoms with Crippen molar-refractivity contribution in [3.05, 3.63) is 48.8 Å². The summed E-state index contributed by atoms with van der Waals surface area (Å²) >= 11 is 0. The predicted molar refractivity (Wildman–Crippen MR) is 87.7 cm³/mol. The van der Waals surface area contributed by atoms with E-state index in [1.807, 2.05) is 12.1 Å². The summed E-state index contributed by atoms with van der Waals surface area (Å²) in [6, 6.07) is 12.0. The molecule has 3 aromatic rings. The molecule has 0 aliphatic carbocycles. The van der Waals surface area contributed by atoms with Gasteiger partial charge in [0.05, 0.1) is 27.7 Å². The standard InChI is InChI=1S/C16H15N3O3S/c1-21-12-5-8-14-15(9-12)18-10-19-16(14)22-11-3-6-13(7-4-11)23(2,17)20/h3-10,17H,1-2H3. The largest absolute Gasteiger partial charge is 0.497 e. The number of nitrogens with zero attached hydrogens (tertiary/aromatic N) is 2. The molecule has 6 nitrogen and oxygen atoms in total. The zero-order valence-electron chi connectivity index (χ0n) is 12.6. The van der Waals surface area contributed by atoms with E-state index in [1.165, 1.54) is 12.6 Å². The van der Waals surface area contributed by atoms with Gasteiger partial charge in [-0.2, -0.15) is 0 Å². The molecule has 0 saturated heterocycles. The lowest BCUT2D eigenvalue weighted by atomic mass is 10.2. The average Bonchev–Trinajstić information content (AvgIpc) is 2.54. The number of aromatic nitrogens is 2. The molecule has 0 spiro atoms. The minimum absolute atomic E-state index is 0.425. The molecule has 0 amide bonds. The quantitative estimate of drug-likeness (QED) is 0.792. The zero-order valence-corrected chi connectivity index (χ0v) is 13.5. The molecule has 3 rings (SSSR count). The van der Waals surface area contributed by atoms with Gasteiger partial charge in [0.15, 0.2) is 0 Å². The molecule has 1 atom stereocenters. The van der Waals surface area contributed by atoms with Gasteiger partial charge in [-0.1, -0.05) is 0 Å². The SMILES string of the molecule is COc1ccc2c(Oc3ccc(S(C)(=N)=O)cc3)ncnc2c1. The van der Waals surface area contributed by atoms with Crippen molar-refractivity contribution in [3.63, 3.8) is 0 Å². The fourth-order valence-corrected chi connectivity index (χ4v) is 2.75. The second kappa shape index (κ2) is 5.85. The Morgan fingerprint density at radius 1 is 1.04 bits per heavy atom. The molecule has 0 bridgehead atoms. The summed E-state index contributed by atoms with van der Waals surface area (Å²) in [5.41, 5.74) is 0.716. The van der Waals surface area contributed by atoms with Gasteiger partial charge < -0.3 is 9.47 Å². The van der Waals surface area contributed by atoms with Crippen molar-refractivity contribution in [2.45, 2.75) is 4.90 Å². The van der Waals surface area contributed by atoms with E-state index in [1.54, 1.807) is 37.4 Å². The molecule has 118 valence electrons. The minimum atomic E-state index is -2.73. The third-order valence-corrected chi connectivity index (χ3v) is 4.47. The molecule has 0 aliphatic rings. The number of ether oxygens (including phenoxy) is 2. The maximum absolute atomic E-state index is 11.7. The highest BCUT2D eigenvalue weighted by Gasteiger charge is 2.08. The highest BCUT2D eigenvalue weighted by Crippen LogP contribution is 2.29. The summed E-state index contributed by atoms with van der Waals surface area (Å²) in [4.78, 5) is 8.83. The molecule has 2 aromatic carbocycles. The van der Waals surface area contributed by atoms with Crippen LogP contribution in [0.15, 0.2) is 53.7 Å². The second-order valence-corrected chi connectivity index (χ2v) is 7.14. The van der Waals surface area contributed by atoms with Crippen LogP contribution >= 0.6 is 0 Å². The molecular formula is C16H15N3O3S. The van der Waals surface area contributed by atoms with Crippen LogP contribution in [0.3, 0.4) is 0 Å². The zero-order chi connectivity index (χ0) is 16.4. The molecule has 7 heteroatoms. The van der Waals surface area contributed by atoms with Crippen LogP contribution in [0, 0.1) is 4.78 Å². The van der Waals surface area contributed by atoms with E-state index in [-0.39, 0.29) is 0 Å². The van der Waals surface area contributed by atoms with E-state index in [4.69, 9.17) is 14.3 Å². The lowest BCUT2D eigenvalue weighted by molar-refractivity contribution is 0.415. The molecule has 0 fully saturated rings. The van der Waals surface area contributed by atoms with Crippen molar-refractivity contribution < 1.29 is 13.7 Å². The van der Waals surface area contributed by atoms with E-state index in [2.05, 4.69) is 9.97 Å². The molecule has 1 unspecified atom stereocenters. The number of fused-ring (bicyclic) bond motifs is 1. The monoisotopic (exact) mass is 329 g/mol. The minimum Gasteiger partial charge on any atom is -0.497 e. The van der Waals surface area contributed by atoms with Crippen molar-refractivity contribution in [3.8, 4) is 17.4 Å². The number of nitrogens with one attached hydrogen (secondary N) is 1. The van der Waals surface area contributed by atoms with E-state index < -0.39 is 9.73 Å². The van der Waals surface area contributed by atoms with Gasteiger partial charge in [-0.05, 0) is 36.4 Å². The van der Waals surface area contributed by atoms with Crippen molar-refractivity contribution in [2.24, 2.45) is 0 Å². The number of hydrogen-bond donors (Lipinski definition) is 1. The van der Waals surface area contributed by atoms with Gasteiger partial charge in [-0.25, -0.2) is 19.0 Å². The second-order valence-electron chi connectivity index (χ2n) is 4.98. The van der Waals surface area contributed by atoms with E-state index >= 15 is 0 Å². The fourth-order valence-electron chi connectivity index (χ4n) is 2.10. The molecule has 1 heterocycles. The maximum atomic E-state index is 11.7. The third-order valence-electron chi connectivity index (χ3n) is 3.30. The van der Waals surface area contributed by atoms with Gasteiger partial charge in [0.2, 0.25) is 5.88 Å². The van der Waals surface area contributed by atoms with Gasteiger partial charge in [-0.3, -0.25) is 0 Å². The summed E-state index contributed by atoms with van der Waals surface area (Å²) in [7, 11) is -1.13. The number of hydrogen-bond acceptors (Lipinski definition) is 6. The molecule has 1 N–H and O–H groups in total. The fraction of sp³-hybridized carbons (Fsp3) is 0.125. The molecule has 0 aliphatic heterocycles. The van der Waals surface area contributed by atoms with Crippen molar-refractivity contribution in [1.82, 2.24) is 9.97 Å². The van der Waals surface area contributed by atoms with Crippen LogP contribution in [0.25, 0.3) is 10.9 Å². The normalized spacial score (nSPS) is 13.5. The highest BCUT2D eigenvalue weighted by molar-refractivity contribution is 7.91. The van der Waals surface area contributed by atoms with Crippen LogP contribution < -0.4 is 9.47 Å². The molecule has 0 radical (unpaired) electrons. The first kappa shape index (κ1) is 15.2. The van der Waals surface area contributed by atoms with Crippen LogP contribution in [0.2, 0.25) is 0 Å². The Morgan fingerprint density at radius 3 is 2.39 bits per heavy atom. The van der Waals surface area contributed by atoms with Gasteiger partial charge in [0.25, 0.3) is 0 Å². The van der Waals surface area contributed by atoms with Gasteiger partial charge >= 0.3 is 0 Å². The first-order valence-corrected chi connectivity index (χ1v) is 8.74. The van der Waals surface area contributed by atoms with Crippen LogP contribution in [0.4, 0.5) is 0 Å². The molecule has 1 aromatic heterocycles. The topological polar surface area (TPSA) is 85.2 Å². The third kappa shape index (κ3) is 3.24. The molecule has 23 heavy (non-hydrogen) atoms. The number of methoxy groups -OCH3 is 1. The first-order valence-electron chi connectivity index (χ1n) is 6.78. The van der Waals surface area contributed by atoms with Gasteiger partial charge in [-0.15, -0.1) is 0 Å². The van der Waals surface area contributed by atoms with Gasteiger partial charge in [0.1, 0.15) is 17.8 Å². The Labute approximate surface area is 134 Å². The summed E-state index contributed by atoms with van der Waals surface area (Å²) < 4.78 is 30.2. The lowest BCUT2D eigenvalue weighted by Crippen LogP contribution is -1.95. The maximum Gasteiger partial charge on any atom is 0.230 e. The Hall–Kier alpha value is -2.67. The van der Waals surface area contributed by atoms with E-state index in [0.717, 1.165) is 5.39 Å². The van der Waals surface area contributed by atoms with Crippen LogP contribution in [-0.2, 0) is 9.73 Å². The van der Waals surface area contributed by atoms with Crippen molar-refractivity contribution in [2.75, 3.05) is 13.4 Å². The Morgan fingerprint density at radius 2 is 1.74 bits per heavy atom. The predicted octanol–water partition coefficient (Wildman–Crippen LogP) is 3.47. The number of rotatable bonds is 4. The van der Waals surface area contributed by atoms with Gasteiger partial charge in [0, 0.05) is 17.2 Å².